The van der Waals surface area contributed by atoms with Crippen LogP contribution in [0, 0.1) is 0 Å². The van der Waals surface area contributed by atoms with Crippen molar-refractivity contribution in [1.29, 1.82) is 0 Å². The summed E-state index contributed by atoms with van der Waals surface area (Å²) in [7, 11) is 0. The van der Waals surface area contributed by atoms with Crippen molar-refractivity contribution in [3.8, 4) is 0 Å². The number of benzene rings is 2. The lowest BCUT2D eigenvalue weighted by atomic mass is 10.0. The van der Waals surface area contributed by atoms with Gasteiger partial charge in [0.1, 0.15) is 5.60 Å². The molecule has 2 aromatic carbocycles. The fraction of sp³-hybridized carbons (Fsp3) is 0.333. The number of ether oxygens (including phenoxy) is 1. The fourth-order valence-electron chi connectivity index (χ4n) is 3.09. The number of carbonyl (C=O) groups is 1. The topological polar surface area (TPSA) is 56.1 Å². The summed E-state index contributed by atoms with van der Waals surface area (Å²) < 4.78 is 46.6. The zero-order valence-corrected chi connectivity index (χ0v) is 17.4. The highest BCUT2D eigenvalue weighted by atomic mass is 35.5. The number of anilines is 1. The van der Waals surface area contributed by atoms with Gasteiger partial charge in [0.15, 0.2) is 0 Å². The Morgan fingerprint density at radius 3 is 2.43 bits per heavy atom. The Balaban J connectivity index is 2.01. The predicted octanol–water partition coefficient (Wildman–Crippen LogP) is 6.58. The van der Waals surface area contributed by atoms with Crippen LogP contribution in [0.3, 0.4) is 0 Å². The molecule has 0 spiro atoms. The van der Waals surface area contributed by atoms with E-state index in [-0.39, 0.29) is 0 Å². The number of fused-ring (bicyclic) bond motifs is 1. The van der Waals surface area contributed by atoms with Crippen molar-refractivity contribution in [3.05, 3.63) is 59.2 Å². The van der Waals surface area contributed by atoms with Crippen LogP contribution in [0.15, 0.2) is 48.7 Å². The summed E-state index contributed by atoms with van der Waals surface area (Å²) in [5.41, 5.74) is 0.587. The Morgan fingerprint density at radius 1 is 1.17 bits per heavy atom. The predicted molar refractivity (Wildman–Crippen MR) is 110 cm³/mol. The zero-order chi connectivity index (χ0) is 22.1. The van der Waals surface area contributed by atoms with Gasteiger partial charge in [0, 0.05) is 10.4 Å². The quantitative estimate of drug-likeness (QED) is 0.499. The van der Waals surface area contributed by atoms with Crippen LogP contribution in [-0.4, -0.2) is 27.7 Å². The number of rotatable bonds is 4. The third-order valence-electron chi connectivity index (χ3n) is 4.25. The minimum atomic E-state index is -4.41. The third kappa shape index (κ3) is 5.44. The van der Waals surface area contributed by atoms with Gasteiger partial charge in [0.25, 0.3) is 0 Å². The van der Waals surface area contributed by atoms with Gasteiger partial charge in [0.05, 0.1) is 29.9 Å². The van der Waals surface area contributed by atoms with Crippen LogP contribution in [0.1, 0.15) is 38.8 Å². The molecule has 5 nitrogen and oxygen atoms in total. The molecule has 1 unspecified atom stereocenters. The Bertz CT molecular complexity index is 1040. The molecule has 1 N–H and O–H groups in total. The molecule has 3 aromatic rings. The third-order valence-corrected chi connectivity index (χ3v) is 4.50. The van der Waals surface area contributed by atoms with E-state index in [1.807, 2.05) is 0 Å². The van der Waals surface area contributed by atoms with Gasteiger partial charge in [-0.15, -0.1) is 0 Å². The minimum absolute atomic E-state index is 0.398. The zero-order valence-electron chi connectivity index (χ0n) is 16.6. The Hall–Kier alpha value is -2.74. The van der Waals surface area contributed by atoms with E-state index in [1.54, 1.807) is 63.2 Å². The Kier molecular flexibility index (Phi) is 5.99. The molecule has 3 rings (SSSR count). The van der Waals surface area contributed by atoms with Gasteiger partial charge < -0.3 is 4.74 Å². The minimum Gasteiger partial charge on any atom is -0.444 e. The molecule has 0 saturated heterocycles. The maximum Gasteiger partial charge on any atom is 0.412 e. The van der Waals surface area contributed by atoms with E-state index in [0.29, 0.717) is 27.2 Å². The van der Waals surface area contributed by atoms with Crippen molar-refractivity contribution in [2.24, 2.45) is 0 Å². The normalized spacial score (nSPS) is 13.3. The van der Waals surface area contributed by atoms with Crippen LogP contribution < -0.4 is 5.32 Å². The van der Waals surface area contributed by atoms with Gasteiger partial charge in [-0.2, -0.15) is 18.3 Å². The van der Waals surface area contributed by atoms with Crippen molar-refractivity contribution >= 4 is 34.3 Å². The summed E-state index contributed by atoms with van der Waals surface area (Å²) in [6.07, 6.45) is -4.74. The molecule has 0 aliphatic rings. The van der Waals surface area contributed by atoms with Crippen LogP contribution in [0.4, 0.5) is 23.7 Å². The summed E-state index contributed by atoms with van der Waals surface area (Å²) >= 11 is 5.89. The first-order valence-corrected chi connectivity index (χ1v) is 9.59. The van der Waals surface area contributed by atoms with E-state index >= 15 is 0 Å². The first kappa shape index (κ1) is 22.0. The van der Waals surface area contributed by atoms with Crippen molar-refractivity contribution in [2.75, 3.05) is 5.32 Å². The van der Waals surface area contributed by atoms with E-state index in [0.717, 1.165) is 0 Å². The largest absolute Gasteiger partial charge is 0.444 e. The van der Waals surface area contributed by atoms with Crippen LogP contribution >= 0.6 is 11.6 Å². The molecule has 1 amide bonds. The number of aromatic nitrogens is 2. The molecule has 0 saturated carbocycles. The lowest BCUT2D eigenvalue weighted by Gasteiger charge is -2.21. The smallest absolute Gasteiger partial charge is 0.412 e. The summed E-state index contributed by atoms with van der Waals surface area (Å²) in [5.74, 6) is 0. The highest BCUT2D eigenvalue weighted by Gasteiger charge is 2.34. The second-order valence-corrected chi connectivity index (χ2v) is 8.28. The highest BCUT2D eigenvalue weighted by molar-refractivity contribution is 6.30. The second-order valence-electron chi connectivity index (χ2n) is 7.84. The van der Waals surface area contributed by atoms with E-state index in [4.69, 9.17) is 16.3 Å². The van der Waals surface area contributed by atoms with Crippen molar-refractivity contribution in [3.63, 3.8) is 0 Å². The second kappa shape index (κ2) is 8.18. The van der Waals surface area contributed by atoms with E-state index in [9.17, 15) is 18.0 Å². The number of hydrogen-bond acceptors (Lipinski definition) is 3. The summed E-state index contributed by atoms with van der Waals surface area (Å²) in [6, 6.07) is 10.0. The maximum atomic E-state index is 13.3. The lowest BCUT2D eigenvalue weighted by molar-refractivity contribution is -0.140. The van der Waals surface area contributed by atoms with Gasteiger partial charge in [-0.1, -0.05) is 29.8 Å². The fourth-order valence-corrected chi connectivity index (χ4v) is 3.22. The molecule has 0 bridgehead atoms. The Labute approximate surface area is 176 Å². The molecule has 1 aromatic heterocycles. The number of nitrogens with zero attached hydrogens (tertiary/aromatic N) is 2. The maximum absolute atomic E-state index is 13.3. The van der Waals surface area contributed by atoms with Crippen molar-refractivity contribution < 1.29 is 22.7 Å². The molecular formula is C21H21ClF3N3O2. The van der Waals surface area contributed by atoms with Crippen molar-refractivity contribution in [1.82, 2.24) is 9.78 Å². The number of alkyl halides is 3. The summed E-state index contributed by atoms with van der Waals surface area (Å²) in [6.45, 7) is 5.21. The highest BCUT2D eigenvalue weighted by Crippen LogP contribution is 2.35. The summed E-state index contributed by atoms with van der Waals surface area (Å²) in [4.78, 5) is 12.1. The number of hydrogen-bond donors (Lipinski definition) is 1. The van der Waals surface area contributed by atoms with Gasteiger partial charge >= 0.3 is 12.3 Å². The van der Waals surface area contributed by atoms with E-state index in [1.165, 1.54) is 10.9 Å². The van der Waals surface area contributed by atoms with Crippen LogP contribution in [0.5, 0.6) is 0 Å². The van der Waals surface area contributed by atoms with Crippen LogP contribution in [0.2, 0.25) is 5.02 Å². The molecule has 0 radical (unpaired) electrons. The summed E-state index contributed by atoms with van der Waals surface area (Å²) in [5, 5.41) is 7.78. The number of amides is 1. The van der Waals surface area contributed by atoms with E-state index < -0.39 is 30.3 Å². The average Bonchev–Trinajstić information content (AvgIpc) is 3.03. The Morgan fingerprint density at radius 2 is 1.83 bits per heavy atom. The van der Waals surface area contributed by atoms with Crippen molar-refractivity contribution in [2.45, 2.75) is 45.0 Å². The van der Waals surface area contributed by atoms with Gasteiger partial charge in [-0.25, -0.2) is 4.79 Å². The first-order chi connectivity index (χ1) is 13.9. The number of nitrogens with one attached hydrogen (secondary N) is 1. The van der Waals surface area contributed by atoms with Gasteiger partial charge in [-0.05, 0) is 50.6 Å². The van der Waals surface area contributed by atoms with Crippen LogP contribution in [-0.2, 0) is 4.74 Å². The molecule has 160 valence electrons. The molecule has 9 heteroatoms. The molecule has 0 fully saturated rings. The number of halogens is 4. The van der Waals surface area contributed by atoms with Gasteiger partial charge in [0.2, 0.25) is 0 Å². The first-order valence-electron chi connectivity index (χ1n) is 9.21. The molecule has 1 heterocycles. The molecule has 30 heavy (non-hydrogen) atoms. The van der Waals surface area contributed by atoms with E-state index in [2.05, 4.69) is 10.4 Å². The average molecular weight is 440 g/mol. The van der Waals surface area contributed by atoms with Crippen LogP contribution in [0.25, 0.3) is 10.9 Å². The lowest BCUT2D eigenvalue weighted by Crippen LogP contribution is -2.27. The van der Waals surface area contributed by atoms with Gasteiger partial charge in [-0.3, -0.25) is 10.00 Å². The SMILES string of the molecule is CC(C)(C)OC(=O)Nc1cccc2c1cnn2C(CC(F)(F)F)c1ccc(Cl)cc1. The molecule has 0 aliphatic carbocycles. The standard InChI is InChI=1S/C21H21ClF3N3O2/c1-20(2,3)30-19(29)27-16-5-4-6-17-15(16)12-26-28(17)18(11-21(23,24)25)13-7-9-14(22)10-8-13/h4-10,12,18H,11H2,1-3H3,(H,27,29). The molecular weight excluding hydrogens is 419 g/mol. The molecule has 1 atom stereocenters. The molecule has 0 aliphatic heterocycles. The monoisotopic (exact) mass is 439 g/mol. The number of carbonyl (C=O) groups excluding carboxylic acids is 1.